The maximum atomic E-state index is 12.8. The Balaban J connectivity index is 1.42. The number of aromatic nitrogens is 2. The van der Waals surface area contributed by atoms with Crippen LogP contribution in [-0.4, -0.2) is 33.8 Å². The molecule has 0 atom stereocenters. The molecule has 1 aromatic heterocycles. The number of benzene rings is 1. The SMILES string of the molecule is O=C(NCc1ccc(F)cc1)N1CCC(Cn2cccn2)CC1. The van der Waals surface area contributed by atoms with Crippen molar-refractivity contribution in [3.05, 3.63) is 54.1 Å². The van der Waals surface area contributed by atoms with Crippen LogP contribution in [0.5, 0.6) is 0 Å². The molecule has 5 nitrogen and oxygen atoms in total. The molecule has 0 bridgehead atoms. The molecule has 1 saturated heterocycles. The standard InChI is InChI=1S/C17H21FN4O/c18-16-4-2-14(3-5-16)12-19-17(23)21-10-6-15(7-11-21)13-22-9-1-8-20-22/h1-5,8-9,15H,6-7,10-13H2,(H,19,23). The first-order chi connectivity index (χ1) is 11.2. The maximum absolute atomic E-state index is 12.8. The average Bonchev–Trinajstić information content (AvgIpc) is 3.08. The highest BCUT2D eigenvalue weighted by Gasteiger charge is 2.22. The summed E-state index contributed by atoms with van der Waals surface area (Å²) in [5.74, 6) is 0.301. The molecule has 1 aromatic carbocycles. The summed E-state index contributed by atoms with van der Waals surface area (Å²) in [6.45, 7) is 2.87. The molecule has 1 fully saturated rings. The third kappa shape index (κ3) is 4.31. The van der Waals surface area contributed by atoms with Crippen molar-refractivity contribution in [3.8, 4) is 0 Å². The van der Waals surface area contributed by atoms with Crippen LogP contribution in [0, 0.1) is 11.7 Å². The number of amides is 2. The summed E-state index contributed by atoms with van der Waals surface area (Å²) < 4.78 is 14.8. The number of hydrogen-bond acceptors (Lipinski definition) is 2. The number of urea groups is 1. The molecule has 1 N–H and O–H groups in total. The second kappa shape index (κ2) is 7.26. The minimum absolute atomic E-state index is 0.0492. The van der Waals surface area contributed by atoms with Gasteiger partial charge in [0.2, 0.25) is 0 Å². The van der Waals surface area contributed by atoms with Crippen molar-refractivity contribution in [2.45, 2.75) is 25.9 Å². The number of carbonyl (C=O) groups is 1. The van der Waals surface area contributed by atoms with E-state index in [0.717, 1.165) is 38.0 Å². The molecule has 2 aromatic rings. The molecule has 0 spiro atoms. The second-order valence-electron chi connectivity index (χ2n) is 5.94. The summed E-state index contributed by atoms with van der Waals surface area (Å²) in [4.78, 5) is 14.0. The van der Waals surface area contributed by atoms with Crippen molar-refractivity contribution in [1.29, 1.82) is 0 Å². The van der Waals surface area contributed by atoms with Crippen LogP contribution in [0.2, 0.25) is 0 Å². The Hall–Kier alpha value is -2.37. The number of hydrogen-bond donors (Lipinski definition) is 1. The Kier molecular flexibility index (Phi) is 4.90. The predicted molar refractivity (Wildman–Crippen MR) is 85.2 cm³/mol. The summed E-state index contributed by atoms with van der Waals surface area (Å²) in [7, 11) is 0. The molecule has 23 heavy (non-hydrogen) atoms. The summed E-state index contributed by atoms with van der Waals surface area (Å²) in [6, 6.07) is 8.06. The number of piperidine rings is 1. The number of nitrogens with zero attached hydrogens (tertiary/aromatic N) is 3. The molecule has 0 radical (unpaired) electrons. The fourth-order valence-electron chi connectivity index (χ4n) is 2.88. The monoisotopic (exact) mass is 316 g/mol. The van der Waals surface area contributed by atoms with Gasteiger partial charge in [-0.1, -0.05) is 12.1 Å². The lowest BCUT2D eigenvalue weighted by atomic mass is 9.97. The maximum Gasteiger partial charge on any atom is 0.317 e. The Morgan fingerprint density at radius 3 is 2.65 bits per heavy atom. The van der Waals surface area contributed by atoms with E-state index in [1.165, 1.54) is 12.1 Å². The number of rotatable bonds is 4. The number of halogens is 1. The van der Waals surface area contributed by atoms with Gasteiger partial charge in [-0.05, 0) is 42.5 Å². The highest BCUT2D eigenvalue weighted by Crippen LogP contribution is 2.18. The van der Waals surface area contributed by atoms with Crippen LogP contribution in [0.4, 0.5) is 9.18 Å². The third-order valence-electron chi connectivity index (χ3n) is 4.26. The van der Waals surface area contributed by atoms with Gasteiger partial charge in [0.05, 0.1) is 0 Å². The first-order valence-corrected chi connectivity index (χ1v) is 7.95. The van der Waals surface area contributed by atoms with E-state index in [1.807, 2.05) is 21.8 Å². The van der Waals surface area contributed by atoms with E-state index >= 15 is 0 Å². The van der Waals surface area contributed by atoms with Gasteiger partial charge in [0.1, 0.15) is 5.82 Å². The third-order valence-corrected chi connectivity index (χ3v) is 4.26. The van der Waals surface area contributed by atoms with Crippen LogP contribution in [0.15, 0.2) is 42.7 Å². The van der Waals surface area contributed by atoms with E-state index in [4.69, 9.17) is 0 Å². The topological polar surface area (TPSA) is 50.2 Å². The molecule has 1 aliphatic heterocycles. The van der Waals surface area contributed by atoms with E-state index in [2.05, 4.69) is 10.4 Å². The van der Waals surface area contributed by atoms with Crippen LogP contribution in [0.1, 0.15) is 18.4 Å². The van der Waals surface area contributed by atoms with E-state index in [0.29, 0.717) is 12.5 Å². The molecule has 0 aliphatic carbocycles. The van der Waals surface area contributed by atoms with Crippen molar-refractivity contribution in [1.82, 2.24) is 20.0 Å². The van der Waals surface area contributed by atoms with Crippen LogP contribution in [0.3, 0.4) is 0 Å². The summed E-state index contributed by atoms with van der Waals surface area (Å²) in [6.07, 6.45) is 5.74. The lowest BCUT2D eigenvalue weighted by molar-refractivity contribution is 0.164. The second-order valence-corrected chi connectivity index (χ2v) is 5.94. The van der Waals surface area contributed by atoms with E-state index in [9.17, 15) is 9.18 Å². The normalized spacial score (nSPS) is 15.6. The van der Waals surface area contributed by atoms with Gasteiger partial charge < -0.3 is 10.2 Å². The van der Waals surface area contributed by atoms with Crippen molar-refractivity contribution < 1.29 is 9.18 Å². The zero-order valence-corrected chi connectivity index (χ0v) is 13.0. The highest BCUT2D eigenvalue weighted by molar-refractivity contribution is 5.74. The van der Waals surface area contributed by atoms with E-state index < -0.39 is 0 Å². The lowest BCUT2D eigenvalue weighted by Crippen LogP contribution is -2.44. The predicted octanol–water partition coefficient (Wildman–Crippen LogP) is 2.64. The summed E-state index contributed by atoms with van der Waals surface area (Å²) in [5.41, 5.74) is 0.897. The Bertz CT molecular complexity index is 619. The fourth-order valence-corrected chi connectivity index (χ4v) is 2.88. The largest absolute Gasteiger partial charge is 0.334 e. The molecule has 2 heterocycles. The molecule has 0 unspecified atom stereocenters. The van der Waals surface area contributed by atoms with Crippen LogP contribution in [-0.2, 0) is 13.1 Å². The van der Waals surface area contributed by atoms with Gasteiger partial charge in [0, 0.05) is 38.6 Å². The molecule has 3 rings (SSSR count). The minimum Gasteiger partial charge on any atom is -0.334 e. The van der Waals surface area contributed by atoms with Gasteiger partial charge in [-0.15, -0.1) is 0 Å². The zero-order chi connectivity index (χ0) is 16.1. The first kappa shape index (κ1) is 15.5. The van der Waals surface area contributed by atoms with Crippen molar-refractivity contribution in [2.24, 2.45) is 5.92 Å². The number of carbonyl (C=O) groups excluding carboxylic acids is 1. The fraction of sp³-hybridized carbons (Fsp3) is 0.412. The molecule has 122 valence electrons. The van der Waals surface area contributed by atoms with Gasteiger partial charge in [-0.2, -0.15) is 5.10 Å². The molecule has 0 saturated carbocycles. The number of likely N-dealkylation sites (tertiary alicyclic amines) is 1. The molecular formula is C17H21FN4O. The first-order valence-electron chi connectivity index (χ1n) is 7.95. The van der Waals surface area contributed by atoms with Crippen LogP contribution in [0.25, 0.3) is 0 Å². The van der Waals surface area contributed by atoms with Gasteiger partial charge in [-0.3, -0.25) is 4.68 Å². The smallest absolute Gasteiger partial charge is 0.317 e. The summed E-state index contributed by atoms with van der Waals surface area (Å²) in [5, 5.41) is 7.13. The molecular weight excluding hydrogens is 295 g/mol. The molecule has 1 aliphatic rings. The van der Waals surface area contributed by atoms with Gasteiger partial charge in [-0.25, -0.2) is 9.18 Å². The minimum atomic E-state index is -0.265. The lowest BCUT2D eigenvalue weighted by Gasteiger charge is -2.32. The summed E-state index contributed by atoms with van der Waals surface area (Å²) >= 11 is 0. The quantitative estimate of drug-likeness (QED) is 0.943. The molecule has 6 heteroatoms. The van der Waals surface area contributed by atoms with Gasteiger partial charge in [0.25, 0.3) is 0 Å². The van der Waals surface area contributed by atoms with Crippen molar-refractivity contribution in [2.75, 3.05) is 13.1 Å². The Morgan fingerprint density at radius 1 is 1.26 bits per heavy atom. The Labute approximate surface area is 135 Å². The van der Waals surface area contributed by atoms with Crippen LogP contribution >= 0.6 is 0 Å². The average molecular weight is 316 g/mol. The van der Waals surface area contributed by atoms with Gasteiger partial charge in [0.15, 0.2) is 0 Å². The van der Waals surface area contributed by atoms with E-state index in [-0.39, 0.29) is 11.8 Å². The number of nitrogens with one attached hydrogen (secondary N) is 1. The molecule has 2 amide bonds. The van der Waals surface area contributed by atoms with Gasteiger partial charge >= 0.3 is 6.03 Å². The zero-order valence-electron chi connectivity index (χ0n) is 13.0. The van der Waals surface area contributed by atoms with Crippen molar-refractivity contribution in [3.63, 3.8) is 0 Å². The van der Waals surface area contributed by atoms with Crippen molar-refractivity contribution >= 4 is 6.03 Å². The highest BCUT2D eigenvalue weighted by atomic mass is 19.1. The van der Waals surface area contributed by atoms with Crippen LogP contribution < -0.4 is 5.32 Å². The van der Waals surface area contributed by atoms with E-state index in [1.54, 1.807) is 18.3 Å². The Morgan fingerprint density at radius 2 is 2.00 bits per heavy atom.